The highest BCUT2D eigenvalue weighted by Crippen LogP contribution is 2.19. The number of amides is 1. The van der Waals surface area contributed by atoms with Crippen LogP contribution in [0.15, 0.2) is 53.5 Å². The second-order valence-corrected chi connectivity index (χ2v) is 7.49. The van der Waals surface area contributed by atoms with E-state index in [1.165, 1.54) is 22.3 Å². The van der Waals surface area contributed by atoms with Gasteiger partial charge in [-0.25, -0.2) is 4.99 Å². The van der Waals surface area contributed by atoms with Crippen molar-refractivity contribution >= 4 is 35.8 Å². The molecule has 2 aromatic rings. The summed E-state index contributed by atoms with van der Waals surface area (Å²) in [6, 6.07) is 16.7. The molecular weight excluding hydrogens is 487 g/mol. The van der Waals surface area contributed by atoms with E-state index < -0.39 is 0 Å². The lowest BCUT2D eigenvalue weighted by atomic mass is 9.99. The van der Waals surface area contributed by atoms with Crippen LogP contribution in [0.4, 0.5) is 0 Å². The van der Waals surface area contributed by atoms with E-state index in [1.54, 1.807) is 0 Å². The predicted octanol–water partition coefficient (Wildman–Crippen LogP) is 4.03. The maximum Gasteiger partial charge on any atom is 0.222 e. The van der Waals surface area contributed by atoms with Gasteiger partial charge in [0.2, 0.25) is 5.91 Å². The highest BCUT2D eigenvalue weighted by Gasteiger charge is 2.19. The van der Waals surface area contributed by atoms with E-state index in [-0.39, 0.29) is 29.9 Å². The summed E-state index contributed by atoms with van der Waals surface area (Å²) in [5.41, 5.74) is 5.13. The molecule has 1 amide bonds. The second kappa shape index (κ2) is 12.6. The summed E-state index contributed by atoms with van der Waals surface area (Å²) >= 11 is 0. The number of aryl methyl sites for hydroxylation is 1. The number of halogens is 1. The first-order valence-electron chi connectivity index (χ1n) is 10.6. The zero-order chi connectivity index (χ0) is 20.5. The molecule has 162 valence electrons. The summed E-state index contributed by atoms with van der Waals surface area (Å²) in [4.78, 5) is 19.2. The van der Waals surface area contributed by atoms with Gasteiger partial charge in [-0.2, -0.15) is 0 Å². The van der Waals surface area contributed by atoms with Crippen molar-refractivity contribution in [3.05, 3.63) is 70.8 Å². The van der Waals surface area contributed by atoms with E-state index in [0.717, 1.165) is 45.0 Å². The molecule has 3 rings (SSSR count). The van der Waals surface area contributed by atoms with Crippen LogP contribution in [0.3, 0.4) is 0 Å². The molecule has 5 nitrogen and oxygen atoms in total. The Balaban J connectivity index is 0.00000320. The number of fused-ring (bicyclic) bond motifs is 1. The summed E-state index contributed by atoms with van der Waals surface area (Å²) in [6.45, 7) is 7.92. The minimum Gasteiger partial charge on any atom is -0.357 e. The zero-order valence-electron chi connectivity index (χ0n) is 18.0. The average molecular weight is 520 g/mol. The fourth-order valence-corrected chi connectivity index (χ4v) is 3.61. The van der Waals surface area contributed by atoms with Crippen LogP contribution >= 0.6 is 24.0 Å². The predicted molar refractivity (Wildman–Crippen MR) is 134 cm³/mol. The van der Waals surface area contributed by atoms with Crippen molar-refractivity contribution in [2.24, 2.45) is 4.99 Å². The first-order chi connectivity index (χ1) is 14.2. The van der Waals surface area contributed by atoms with E-state index >= 15 is 0 Å². The molecular formula is C24H33IN4O. The van der Waals surface area contributed by atoms with E-state index in [0.29, 0.717) is 13.0 Å². The molecule has 1 aliphatic heterocycles. The molecule has 1 aliphatic rings. The number of hydrogen-bond acceptors (Lipinski definition) is 2. The quantitative estimate of drug-likeness (QED) is 0.251. The third-order valence-corrected chi connectivity index (χ3v) is 5.36. The number of benzene rings is 2. The Morgan fingerprint density at radius 3 is 2.57 bits per heavy atom. The Morgan fingerprint density at radius 1 is 1.07 bits per heavy atom. The second-order valence-electron chi connectivity index (χ2n) is 7.49. The van der Waals surface area contributed by atoms with Gasteiger partial charge < -0.3 is 15.5 Å². The van der Waals surface area contributed by atoms with Crippen molar-refractivity contribution in [2.75, 3.05) is 19.6 Å². The summed E-state index contributed by atoms with van der Waals surface area (Å²) in [5.74, 6) is 1.04. The van der Waals surface area contributed by atoms with Crippen molar-refractivity contribution in [2.45, 2.75) is 46.2 Å². The molecule has 0 unspecified atom stereocenters. The highest BCUT2D eigenvalue weighted by atomic mass is 127. The van der Waals surface area contributed by atoms with E-state index in [9.17, 15) is 4.79 Å². The average Bonchev–Trinajstić information content (AvgIpc) is 2.75. The Labute approximate surface area is 197 Å². The van der Waals surface area contributed by atoms with Crippen molar-refractivity contribution in [3.8, 4) is 0 Å². The van der Waals surface area contributed by atoms with Crippen molar-refractivity contribution < 1.29 is 4.79 Å². The number of carbonyl (C=O) groups is 1. The highest BCUT2D eigenvalue weighted by molar-refractivity contribution is 14.0. The van der Waals surface area contributed by atoms with Crippen molar-refractivity contribution in [1.82, 2.24) is 15.5 Å². The molecule has 6 heteroatoms. The minimum atomic E-state index is 0. The van der Waals surface area contributed by atoms with Gasteiger partial charge in [0.1, 0.15) is 0 Å². The number of aliphatic imine (C=N–C) groups is 1. The lowest BCUT2D eigenvalue weighted by molar-refractivity contribution is -0.132. The molecule has 0 aliphatic carbocycles. The molecule has 30 heavy (non-hydrogen) atoms. The van der Waals surface area contributed by atoms with E-state index in [1.807, 2.05) is 17.0 Å². The number of carbonyl (C=O) groups excluding carboxylic acids is 1. The van der Waals surface area contributed by atoms with Crippen LogP contribution in [0.5, 0.6) is 0 Å². The van der Waals surface area contributed by atoms with Crippen LogP contribution in [0, 0.1) is 6.92 Å². The fourth-order valence-electron chi connectivity index (χ4n) is 3.61. The van der Waals surface area contributed by atoms with Gasteiger partial charge >= 0.3 is 0 Å². The summed E-state index contributed by atoms with van der Waals surface area (Å²) in [5, 5.41) is 6.63. The first-order valence-corrected chi connectivity index (χ1v) is 10.6. The monoisotopic (exact) mass is 520 g/mol. The molecule has 0 fully saturated rings. The normalized spacial score (nSPS) is 13.3. The smallest absolute Gasteiger partial charge is 0.222 e. The molecule has 0 saturated carbocycles. The molecule has 0 bridgehead atoms. The first kappa shape index (κ1) is 24.2. The molecule has 0 radical (unpaired) electrons. The van der Waals surface area contributed by atoms with Gasteiger partial charge in [-0.1, -0.05) is 48.5 Å². The van der Waals surface area contributed by atoms with Crippen LogP contribution in [0.25, 0.3) is 0 Å². The maximum atomic E-state index is 12.6. The number of nitrogens with zero attached hydrogens (tertiary/aromatic N) is 2. The lowest BCUT2D eigenvalue weighted by Gasteiger charge is -2.29. The number of guanidine groups is 1. The number of rotatable bonds is 7. The van der Waals surface area contributed by atoms with Gasteiger partial charge in [0, 0.05) is 32.6 Å². The Bertz CT molecular complexity index is 853. The molecule has 2 aromatic carbocycles. The van der Waals surface area contributed by atoms with Gasteiger partial charge in [-0.15, -0.1) is 24.0 Å². The molecule has 0 atom stereocenters. The molecule has 0 saturated heterocycles. The van der Waals surface area contributed by atoms with Gasteiger partial charge in [-0.3, -0.25) is 4.79 Å². The summed E-state index contributed by atoms with van der Waals surface area (Å²) < 4.78 is 0. The van der Waals surface area contributed by atoms with Crippen molar-refractivity contribution in [1.29, 1.82) is 0 Å². The van der Waals surface area contributed by atoms with Crippen LogP contribution in [-0.4, -0.2) is 36.4 Å². The van der Waals surface area contributed by atoms with Crippen molar-refractivity contribution in [3.63, 3.8) is 0 Å². The largest absolute Gasteiger partial charge is 0.357 e. The number of hydrogen-bond donors (Lipinski definition) is 2. The summed E-state index contributed by atoms with van der Waals surface area (Å²) in [6.07, 6.45) is 2.31. The lowest BCUT2D eigenvalue weighted by Crippen LogP contribution is -2.39. The standard InChI is InChI=1S/C24H32N4O.HI/c1-3-25-24(27-17-21-11-5-4-9-19(21)2)26-15-8-13-23(29)28-16-14-20-10-6-7-12-22(20)18-28;/h4-7,9-12H,3,8,13-18H2,1-2H3,(H2,25,26,27);1H. The van der Waals surface area contributed by atoms with Gasteiger partial charge in [-0.05, 0) is 48.9 Å². The SMILES string of the molecule is CCNC(=NCc1ccccc1C)NCCCC(=O)N1CCc2ccccc2C1.I. The van der Waals surface area contributed by atoms with Gasteiger partial charge in [0.05, 0.1) is 6.54 Å². The topological polar surface area (TPSA) is 56.7 Å². The molecule has 0 aromatic heterocycles. The van der Waals surface area contributed by atoms with Gasteiger partial charge in [0.25, 0.3) is 0 Å². The third kappa shape index (κ3) is 7.00. The Hall–Kier alpha value is -2.09. The molecule has 0 spiro atoms. The third-order valence-electron chi connectivity index (χ3n) is 5.36. The van der Waals surface area contributed by atoms with E-state index in [4.69, 9.17) is 0 Å². The molecule has 1 heterocycles. The Kier molecular flexibility index (Phi) is 10.1. The fraction of sp³-hybridized carbons (Fsp3) is 0.417. The zero-order valence-corrected chi connectivity index (χ0v) is 20.3. The van der Waals surface area contributed by atoms with Gasteiger partial charge in [0.15, 0.2) is 5.96 Å². The summed E-state index contributed by atoms with van der Waals surface area (Å²) in [7, 11) is 0. The van der Waals surface area contributed by atoms with Crippen LogP contribution in [0.2, 0.25) is 0 Å². The van der Waals surface area contributed by atoms with E-state index in [2.05, 4.69) is 65.9 Å². The minimum absolute atomic E-state index is 0. The molecule has 2 N–H and O–H groups in total. The van der Waals surface area contributed by atoms with Crippen LogP contribution in [0.1, 0.15) is 42.0 Å². The van der Waals surface area contributed by atoms with Crippen LogP contribution < -0.4 is 10.6 Å². The number of nitrogens with one attached hydrogen (secondary N) is 2. The van der Waals surface area contributed by atoms with Crippen LogP contribution in [-0.2, 0) is 24.3 Å². The Morgan fingerprint density at radius 2 is 1.80 bits per heavy atom. The maximum absolute atomic E-state index is 12.6.